The molecule has 0 aromatic rings. The van der Waals surface area contributed by atoms with Crippen molar-refractivity contribution in [2.24, 2.45) is 5.92 Å². The number of carboxylic acid groups (broad SMARTS) is 1. The van der Waals surface area contributed by atoms with Gasteiger partial charge in [-0.15, -0.1) is 0 Å². The van der Waals surface area contributed by atoms with Crippen molar-refractivity contribution < 1.29 is 30.3 Å². The van der Waals surface area contributed by atoms with Crippen LogP contribution in [0.3, 0.4) is 0 Å². The summed E-state index contributed by atoms with van der Waals surface area (Å²) in [5, 5.41) is 46.1. The monoisotopic (exact) mass is 390 g/mol. The third-order valence-electron chi connectivity index (χ3n) is 5.18. The van der Waals surface area contributed by atoms with Gasteiger partial charge in [-0.2, -0.15) is 0 Å². The molecule has 27 heavy (non-hydrogen) atoms. The van der Waals surface area contributed by atoms with E-state index in [0.29, 0.717) is 13.0 Å². The summed E-state index contributed by atoms with van der Waals surface area (Å²) in [6.45, 7) is -0.174. The zero-order valence-electron chi connectivity index (χ0n) is 16.9. The van der Waals surface area contributed by atoms with Crippen LogP contribution in [-0.4, -0.2) is 56.9 Å². The molecule has 0 bridgehead atoms. The van der Waals surface area contributed by atoms with E-state index in [-0.39, 0.29) is 6.42 Å². The van der Waals surface area contributed by atoms with E-state index in [2.05, 4.69) is 0 Å². The highest BCUT2D eigenvalue weighted by atomic mass is 16.4. The molecule has 0 aromatic heterocycles. The lowest BCUT2D eigenvalue weighted by Crippen LogP contribution is -2.32. The predicted octanol–water partition coefficient (Wildman–Crippen LogP) is 3.25. The van der Waals surface area contributed by atoms with Gasteiger partial charge in [-0.25, -0.2) is 0 Å². The number of aliphatic hydroxyl groups is 4. The molecular weight excluding hydrogens is 348 g/mol. The van der Waals surface area contributed by atoms with E-state index in [4.69, 9.17) is 15.3 Å². The number of hydrogen-bond donors (Lipinski definition) is 5. The Hall–Kier alpha value is -0.690. The van der Waals surface area contributed by atoms with Gasteiger partial charge in [0.05, 0.1) is 24.7 Å². The number of aliphatic carboxylic acids is 1. The van der Waals surface area contributed by atoms with E-state index in [1.807, 2.05) is 0 Å². The van der Waals surface area contributed by atoms with Crippen LogP contribution in [0.1, 0.15) is 96.3 Å². The highest BCUT2D eigenvalue weighted by Crippen LogP contribution is 2.19. The fourth-order valence-electron chi connectivity index (χ4n) is 3.40. The zero-order valence-corrected chi connectivity index (χ0v) is 16.9. The molecule has 162 valence electrons. The minimum Gasteiger partial charge on any atom is -0.481 e. The Morgan fingerprint density at radius 2 is 1.07 bits per heavy atom. The lowest BCUT2D eigenvalue weighted by molar-refractivity contribution is -0.147. The molecule has 0 aliphatic heterocycles. The Balaban J connectivity index is 3.50. The molecule has 3 atom stereocenters. The van der Waals surface area contributed by atoms with Crippen molar-refractivity contribution in [2.75, 3.05) is 13.2 Å². The number of carbonyl (C=O) groups is 1. The molecule has 0 amide bonds. The minimum absolute atomic E-state index is 0.117. The topological polar surface area (TPSA) is 118 Å². The van der Waals surface area contributed by atoms with Crippen LogP contribution in [0.15, 0.2) is 0 Å². The van der Waals surface area contributed by atoms with Crippen LogP contribution < -0.4 is 0 Å². The second-order valence-corrected chi connectivity index (χ2v) is 7.69. The van der Waals surface area contributed by atoms with Crippen molar-refractivity contribution in [3.8, 4) is 0 Å². The van der Waals surface area contributed by atoms with Gasteiger partial charge >= 0.3 is 5.97 Å². The maximum Gasteiger partial charge on any atom is 0.309 e. The Morgan fingerprint density at radius 3 is 1.44 bits per heavy atom. The van der Waals surface area contributed by atoms with Crippen LogP contribution in [0.4, 0.5) is 0 Å². The predicted molar refractivity (Wildman–Crippen MR) is 107 cm³/mol. The van der Waals surface area contributed by atoms with Crippen molar-refractivity contribution in [3.63, 3.8) is 0 Å². The first-order valence-electron chi connectivity index (χ1n) is 10.8. The van der Waals surface area contributed by atoms with Gasteiger partial charge in [0, 0.05) is 6.61 Å². The van der Waals surface area contributed by atoms with Gasteiger partial charge < -0.3 is 25.5 Å². The maximum atomic E-state index is 11.2. The standard InChI is InChI=1S/C21H42O6/c22-15-13-11-9-7-5-3-1-2-4-6-8-10-12-14-20(25)19(21(26)27)16-18(24)17-23/h18-20,22-25H,1-17H2,(H,26,27). The summed E-state index contributed by atoms with van der Waals surface area (Å²) in [4.78, 5) is 11.2. The fourth-order valence-corrected chi connectivity index (χ4v) is 3.40. The highest BCUT2D eigenvalue weighted by molar-refractivity contribution is 5.70. The third kappa shape index (κ3) is 16.0. The Morgan fingerprint density at radius 1 is 0.667 bits per heavy atom. The molecular formula is C21H42O6. The van der Waals surface area contributed by atoms with Crippen LogP contribution >= 0.6 is 0 Å². The van der Waals surface area contributed by atoms with E-state index in [9.17, 15) is 15.0 Å². The molecule has 0 heterocycles. The lowest BCUT2D eigenvalue weighted by atomic mass is 9.92. The van der Waals surface area contributed by atoms with E-state index >= 15 is 0 Å². The van der Waals surface area contributed by atoms with Crippen LogP contribution in [0.5, 0.6) is 0 Å². The summed E-state index contributed by atoms with van der Waals surface area (Å²) >= 11 is 0. The molecule has 0 saturated heterocycles. The molecule has 3 unspecified atom stereocenters. The van der Waals surface area contributed by atoms with E-state index in [0.717, 1.165) is 32.1 Å². The second-order valence-electron chi connectivity index (χ2n) is 7.69. The van der Waals surface area contributed by atoms with Gasteiger partial charge in [-0.05, 0) is 19.3 Å². The first kappa shape index (κ1) is 26.3. The summed E-state index contributed by atoms with van der Waals surface area (Å²) < 4.78 is 0. The average molecular weight is 391 g/mol. The minimum atomic E-state index is -1.12. The number of carboxylic acids is 1. The zero-order chi connectivity index (χ0) is 20.3. The van der Waals surface area contributed by atoms with Gasteiger partial charge in [0.1, 0.15) is 0 Å². The van der Waals surface area contributed by atoms with Gasteiger partial charge in [0.25, 0.3) is 0 Å². The van der Waals surface area contributed by atoms with Gasteiger partial charge in [0.2, 0.25) is 0 Å². The Bertz CT molecular complexity index is 337. The molecule has 0 saturated carbocycles. The van der Waals surface area contributed by atoms with Crippen molar-refractivity contribution in [1.29, 1.82) is 0 Å². The molecule has 0 aliphatic carbocycles. The van der Waals surface area contributed by atoms with E-state index in [1.165, 1.54) is 51.4 Å². The first-order valence-corrected chi connectivity index (χ1v) is 10.8. The number of unbranched alkanes of at least 4 members (excludes halogenated alkanes) is 12. The van der Waals surface area contributed by atoms with Crippen LogP contribution in [0.2, 0.25) is 0 Å². The number of aliphatic hydroxyl groups excluding tert-OH is 4. The summed E-state index contributed by atoms with van der Waals surface area (Å²) in [6.07, 6.45) is 13.2. The fraction of sp³-hybridized carbons (Fsp3) is 0.952. The molecule has 0 spiro atoms. The van der Waals surface area contributed by atoms with Crippen molar-refractivity contribution in [1.82, 2.24) is 0 Å². The van der Waals surface area contributed by atoms with Crippen molar-refractivity contribution in [2.45, 2.75) is 109 Å². The third-order valence-corrected chi connectivity index (χ3v) is 5.18. The molecule has 5 N–H and O–H groups in total. The number of hydrogen-bond acceptors (Lipinski definition) is 5. The summed E-state index contributed by atoms with van der Waals surface area (Å²) in [7, 11) is 0. The molecule has 0 aliphatic rings. The van der Waals surface area contributed by atoms with E-state index in [1.54, 1.807) is 0 Å². The van der Waals surface area contributed by atoms with Crippen molar-refractivity contribution in [3.05, 3.63) is 0 Å². The van der Waals surface area contributed by atoms with Gasteiger partial charge in [0.15, 0.2) is 0 Å². The summed E-state index contributed by atoms with van der Waals surface area (Å²) in [5.74, 6) is -2.14. The lowest BCUT2D eigenvalue weighted by Gasteiger charge is -2.21. The maximum absolute atomic E-state index is 11.2. The van der Waals surface area contributed by atoms with Gasteiger partial charge in [-0.3, -0.25) is 4.79 Å². The van der Waals surface area contributed by atoms with Crippen LogP contribution in [-0.2, 0) is 4.79 Å². The normalized spacial score (nSPS) is 14.8. The quantitative estimate of drug-likeness (QED) is 0.204. The Kier molecular flexibility index (Phi) is 18.2. The molecule has 0 rings (SSSR count). The van der Waals surface area contributed by atoms with Crippen LogP contribution in [0, 0.1) is 5.92 Å². The smallest absolute Gasteiger partial charge is 0.309 e. The average Bonchev–Trinajstić information content (AvgIpc) is 2.65. The largest absolute Gasteiger partial charge is 0.481 e. The van der Waals surface area contributed by atoms with Crippen LogP contribution in [0.25, 0.3) is 0 Å². The first-order chi connectivity index (χ1) is 13.0. The molecule has 0 fully saturated rings. The molecule has 6 nitrogen and oxygen atoms in total. The summed E-state index contributed by atoms with van der Waals surface area (Å²) in [5.41, 5.74) is 0. The van der Waals surface area contributed by atoms with Gasteiger partial charge in [-0.1, -0.05) is 77.0 Å². The number of rotatable bonds is 20. The van der Waals surface area contributed by atoms with E-state index < -0.39 is 30.7 Å². The Labute approximate surface area is 164 Å². The van der Waals surface area contributed by atoms with Crippen molar-refractivity contribution >= 4 is 5.97 Å². The summed E-state index contributed by atoms with van der Waals surface area (Å²) in [6, 6.07) is 0. The molecule has 6 heteroatoms. The molecule has 0 radical (unpaired) electrons. The second kappa shape index (κ2) is 18.7. The SMILES string of the molecule is O=C(O)C(CC(O)CO)C(O)CCCCCCCCCCCCCCCO. The highest BCUT2D eigenvalue weighted by Gasteiger charge is 2.28. The molecule has 0 aromatic carbocycles.